The van der Waals surface area contributed by atoms with Crippen molar-refractivity contribution in [1.82, 2.24) is 9.80 Å². The predicted molar refractivity (Wildman–Crippen MR) is 93.7 cm³/mol. The monoisotopic (exact) mass is 343 g/mol. The zero-order chi connectivity index (χ0) is 18.4. The Bertz CT molecular complexity index is 717. The molecule has 0 aliphatic carbocycles. The molecule has 0 bridgehead atoms. The first-order valence-corrected chi connectivity index (χ1v) is 7.99. The van der Waals surface area contributed by atoms with Gasteiger partial charge >= 0.3 is 0 Å². The third-order valence-electron chi connectivity index (χ3n) is 4.28. The molecule has 0 atom stereocenters. The standard InChI is InChI=1S/C17H21N5O3/c1-20-8-6-15(7-9-20)21(2)12-13(11-18)17(23)19-14-4-3-5-16(10-14)22(24)25/h3-5,10,12,15H,6-9H2,1-2H3,(H,19,23)/b13-12-. The molecule has 0 unspecified atom stereocenters. The van der Waals surface area contributed by atoms with E-state index in [1.165, 1.54) is 18.2 Å². The Balaban J connectivity index is 2.06. The fourth-order valence-corrected chi connectivity index (χ4v) is 2.75. The molecule has 1 heterocycles. The van der Waals surface area contributed by atoms with Crippen LogP contribution in [0.1, 0.15) is 12.8 Å². The van der Waals surface area contributed by atoms with Crippen molar-refractivity contribution in [3.63, 3.8) is 0 Å². The van der Waals surface area contributed by atoms with Crippen LogP contribution in [-0.2, 0) is 4.79 Å². The second kappa shape index (κ2) is 8.26. The normalized spacial score (nSPS) is 16.1. The predicted octanol–water partition coefficient (Wildman–Crippen LogP) is 1.97. The van der Waals surface area contributed by atoms with Crippen molar-refractivity contribution in [2.75, 3.05) is 32.5 Å². The third kappa shape index (κ3) is 5.02. The molecule has 0 spiro atoms. The van der Waals surface area contributed by atoms with E-state index in [4.69, 9.17) is 0 Å². The molecule has 8 heteroatoms. The number of benzene rings is 1. The number of likely N-dealkylation sites (tertiary alicyclic amines) is 1. The average Bonchev–Trinajstić information content (AvgIpc) is 2.60. The van der Waals surface area contributed by atoms with Gasteiger partial charge in [0.15, 0.2) is 0 Å². The fourth-order valence-electron chi connectivity index (χ4n) is 2.75. The number of nitrogens with one attached hydrogen (secondary N) is 1. The van der Waals surface area contributed by atoms with Gasteiger partial charge in [-0.3, -0.25) is 14.9 Å². The maximum absolute atomic E-state index is 12.3. The summed E-state index contributed by atoms with van der Waals surface area (Å²) >= 11 is 0. The van der Waals surface area contributed by atoms with Gasteiger partial charge in [0.1, 0.15) is 11.6 Å². The van der Waals surface area contributed by atoms with Gasteiger partial charge in [0.25, 0.3) is 11.6 Å². The summed E-state index contributed by atoms with van der Waals surface area (Å²) in [5, 5.41) is 22.6. The van der Waals surface area contributed by atoms with E-state index in [1.54, 1.807) is 12.3 Å². The van der Waals surface area contributed by atoms with Crippen LogP contribution in [0, 0.1) is 21.4 Å². The van der Waals surface area contributed by atoms with E-state index in [0.717, 1.165) is 25.9 Å². The van der Waals surface area contributed by atoms with Crippen molar-refractivity contribution in [2.24, 2.45) is 0 Å². The first-order valence-electron chi connectivity index (χ1n) is 7.99. The summed E-state index contributed by atoms with van der Waals surface area (Å²) in [7, 11) is 3.92. The van der Waals surface area contributed by atoms with Crippen molar-refractivity contribution in [3.05, 3.63) is 46.2 Å². The van der Waals surface area contributed by atoms with Crippen LogP contribution in [0.4, 0.5) is 11.4 Å². The number of amides is 1. The lowest BCUT2D eigenvalue weighted by atomic mass is 10.0. The van der Waals surface area contributed by atoms with Gasteiger partial charge in [0.05, 0.1) is 4.92 Å². The molecule has 0 saturated carbocycles. The number of nitro groups is 1. The highest BCUT2D eigenvalue weighted by atomic mass is 16.6. The Kier molecular flexibility index (Phi) is 6.08. The molecule has 1 fully saturated rings. The van der Waals surface area contributed by atoms with Crippen LogP contribution in [0.2, 0.25) is 0 Å². The van der Waals surface area contributed by atoms with Crippen molar-refractivity contribution >= 4 is 17.3 Å². The van der Waals surface area contributed by atoms with Gasteiger partial charge in [0, 0.05) is 37.1 Å². The van der Waals surface area contributed by atoms with Crippen molar-refractivity contribution in [1.29, 1.82) is 5.26 Å². The van der Waals surface area contributed by atoms with E-state index in [9.17, 15) is 20.2 Å². The number of rotatable bonds is 5. The highest BCUT2D eigenvalue weighted by Crippen LogP contribution is 2.18. The summed E-state index contributed by atoms with van der Waals surface area (Å²) in [5.74, 6) is -0.581. The number of anilines is 1. The van der Waals surface area contributed by atoms with E-state index in [1.807, 2.05) is 18.0 Å². The van der Waals surface area contributed by atoms with Crippen LogP contribution >= 0.6 is 0 Å². The zero-order valence-corrected chi connectivity index (χ0v) is 14.3. The Morgan fingerprint density at radius 2 is 2.16 bits per heavy atom. The number of carbonyl (C=O) groups excluding carboxylic acids is 1. The van der Waals surface area contributed by atoms with Gasteiger partial charge in [-0.05, 0) is 39.0 Å². The zero-order valence-electron chi connectivity index (χ0n) is 14.3. The second-order valence-corrected chi connectivity index (χ2v) is 6.12. The lowest BCUT2D eigenvalue weighted by Crippen LogP contribution is -2.40. The van der Waals surface area contributed by atoms with Gasteiger partial charge in [-0.25, -0.2) is 0 Å². The van der Waals surface area contributed by atoms with Crippen LogP contribution < -0.4 is 5.32 Å². The fraction of sp³-hybridized carbons (Fsp3) is 0.412. The van der Waals surface area contributed by atoms with E-state index < -0.39 is 10.8 Å². The second-order valence-electron chi connectivity index (χ2n) is 6.12. The molecule has 25 heavy (non-hydrogen) atoms. The minimum Gasteiger partial charge on any atom is -0.376 e. The molecule has 1 N–H and O–H groups in total. The van der Waals surface area contributed by atoms with Crippen LogP contribution in [0.5, 0.6) is 0 Å². The molecule has 1 aromatic carbocycles. The van der Waals surface area contributed by atoms with Crippen LogP contribution in [0.15, 0.2) is 36.0 Å². The molecule has 1 aromatic rings. The first-order chi connectivity index (χ1) is 11.9. The summed E-state index contributed by atoms with van der Waals surface area (Å²) in [6.07, 6.45) is 3.48. The maximum atomic E-state index is 12.3. The molecule has 0 aromatic heterocycles. The number of nitriles is 1. The number of nitro benzene ring substituents is 1. The van der Waals surface area contributed by atoms with Gasteiger partial charge in [0.2, 0.25) is 0 Å². The molecule has 1 aliphatic heterocycles. The topological polar surface area (TPSA) is 103 Å². The van der Waals surface area contributed by atoms with Crippen LogP contribution in [0.25, 0.3) is 0 Å². The molecule has 1 amide bonds. The number of non-ortho nitro benzene ring substituents is 1. The number of nitrogens with zero attached hydrogens (tertiary/aromatic N) is 4. The minimum atomic E-state index is -0.581. The van der Waals surface area contributed by atoms with Crippen LogP contribution in [0.3, 0.4) is 0 Å². The van der Waals surface area contributed by atoms with Crippen molar-refractivity contribution in [2.45, 2.75) is 18.9 Å². The van der Waals surface area contributed by atoms with Gasteiger partial charge in [-0.15, -0.1) is 0 Å². The van der Waals surface area contributed by atoms with Crippen LogP contribution in [-0.4, -0.2) is 53.9 Å². The van der Waals surface area contributed by atoms with E-state index in [-0.39, 0.29) is 23.0 Å². The summed E-state index contributed by atoms with van der Waals surface area (Å²) < 4.78 is 0. The first kappa shape index (κ1) is 18.4. The molecule has 132 valence electrons. The highest BCUT2D eigenvalue weighted by molar-refractivity contribution is 6.06. The lowest BCUT2D eigenvalue weighted by molar-refractivity contribution is -0.384. The molecule has 1 saturated heterocycles. The summed E-state index contributed by atoms with van der Waals surface area (Å²) in [4.78, 5) is 26.7. The highest BCUT2D eigenvalue weighted by Gasteiger charge is 2.20. The average molecular weight is 343 g/mol. The van der Waals surface area contributed by atoms with E-state index >= 15 is 0 Å². The minimum absolute atomic E-state index is 0.0343. The SMILES string of the molecule is CN1CCC(N(C)/C=C(/C#N)C(=O)Nc2cccc([N+](=O)[O-])c2)CC1. The molecular weight excluding hydrogens is 322 g/mol. The quantitative estimate of drug-likeness (QED) is 0.379. The van der Waals surface area contributed by atoms with Gasteiger partial charge < -0.3 is 15.1 Å². The summed E-state index contributed by atoms with van der Waals surface area (Å²) in [5.41, 5.74) is 0.124. The lowest BCUT2D eigenvalue weighted by Gasteiger charge is -2.34. The van der Waals surface area contributed by atoms with Gasteiger partial charge in [-0.1, -0.05) is 6.07 Å². The Morgan fingerprint density at radius 1 is 1.48 bits per heavy atom. The third-order valence-corrected chi connectivity index (χ3v) is 4.28. The number of carbonyl (C=O) groups is 1. The van der Waals surface area contributed by atoms with E-state index in [0.29, 0.717) is 0 Å². The molecule has 8 nitrogen and oxygen atoms in total. The Morgan fingerprint density at radius 3 is 2.76 bits per heavy atom. The number of hydrogen-bond donors (Lipinski definition) is 1. The van der Waals surface area contributed by atoms with Gasteiger partial charge in [-0.2, -0.15) is 5.26 Å². The summed E-state index contributed by atoms with van der Waals surface area (Å²) in [6, 6.07) is 7.80. The molecule has 2 rings (SSSR count). The van der Waals surface area contributed by atoms with Crippen molar-refractivity contribution < 1.29 is 9.72 Å². The number of piperidine rings is 1. The number of hydrogen-bond acceptors (Lipinski definition) is 6. The van der Waals surface area contributed by atoms with Crippen molar-refractivity contribution in [3.8, 4) is 6.07 Å². The molecule has 0 radical (unpaired) electrons. The molecular formula is C17H21N5O3. The van der Waals surface area contributed by atoms with E-state index in [2.05, 4.69) is 17.3 Å². The Labute approximate surface area is 146 Å². The maximum Gasteiger partial charge on any atom is 0.271 e. The largest absolute Gasteiger partial charge is 0.376 e. The molecule has 1 aliphatic rings. The summed E-state index contributed by atoms with van der Waals surface area (Å²) in [6.45, 7) is 1.95. The smallest absolute Gasteiger partial charge is 0.271 e. The Hall–Kier alpha value is -2.92.